The number of nitrogens with one attached hydrogen (secondary N) is 1. The SMILES string of the molecule is Cc1cc(C)c(-c2[nH]c3c(C)cc(Cl)cc3c2CCCCN)c(C)c1. The van der Waals surface area contributed by atoms with Crippen LogP contribution in [-0.2, 0) is 6.42 Å². The normalized spacial score (nSPS) is 11.4. The molecule has 0 atom stereocenters. The molecule has 0 unspecified atom stereocenters. The summed E-state index contributed by atoms with van der Waals surface area (Å²) in [7, 11) is 0. The maximum absolute atomic E-state index is 6.36. The standard InChI is InChI=1S/C22H27ClN2/c1-13-9-14(2)20(15(3)10-13)22-18(7-5-6-8-24)19-12-17(23)11-16(4)21(19)25-22/h9-12,25H,5-8,24H2,1-4H3. The molecule has 3 rings (SSSR count). The van der Waals surface area contributed by atoms with Crippen molar-refractivity contribution in [2.24, 2.45) is 5.73 Å². The van der Waals surface area contributed by atoms with E-state index in [2.05, 4.69) is 50.9 Å². The lowest BCUT2D eigenvalue weighted by Crippen LogP contribution is -2.00. The minimum Gasteiger partial charge on any atom is -0.354 e. The van der Waals surface area contributed by atoms with Gasteiger partial charge in [-0.3, -0.25) is 0 Å². The number of unbranched alkanes of at least 4 members (excludes halogenated alkanes) is 1. The van der Waals surface area contributed by atoms with Crippen LogP contribution < -0.4 is 5.73 Å². The highest BCUT2D eigenvalue weighted by atomic mass is 35.5. The first kappa shape index (κ1) is 18.0. The Hall–Kier alpha value is -1.77. The Morgan fingerprint density at radius 1 is 0.920 bits per heavy atom. The van der Waals surface area contributed by atoms with Gasteiger partial charge in [-0.05, 0) is 87.9 Å². The number of aryl methyl sites for hydroxylation is 5. The van der Waals surface area contributed by atoms with E-state index in [1.165, 1.54) is 50.0 Å². The number of aromatic amines is 1. The van der Waals surface area contributed by atoms with Gasteiger partial charge in [0, 0.05) is 21.5 Å². The van der Waals surface area contributed by atoms with Crippen LogP contribution in [0.25, 0.3) is 22.2 Å². The van der Waals surface area contributed by atoms with Crippen molar-refractivity contribution < 1.29 is 0 Å². The highest BCUT2D eigenvalue weighted by Gasteiger charge is 2.18. The Labute approximate surface area is 155 Å². The minimum absolute atomic E-state index is 0.736. The number of hydrogen-bond acceptors (Lipinski definition) is 1. The molecule has 0 saturated heterocycles. The molecule has 132 valence electrons. The fourth-order valence-corrected chi connectivity index (χ4v) is 4.25. The summed E-state index contributed by atoms with van der Waals surface area (Å²) >= 11 is 6.36. The number of nitrogens with two attached hydrogens (primary N) is 1. The van der Waals surface area contributed by atoms with Crippen molar-refractivity contribution >= 4 is 22.5 Å². The zero-order valence-electron chi connectivity index (χ0n) is 15.6. The lowest BCUT2D eigenvalue weighted by Gasteiger charge is -2.13. The Bertz CT molecular complexity index is 898. The second kappa shape index (κ2) is 7.23. The third kappa shape index (κ3) is 3.47. The minimum atomic E-state index is 0.736. The molecular formula is C22H27ClN2. The van der Waals surface area contributed by atoms with Gasteiger partial charge < -0.3 is 10.7 Å². The van der Waals surface area contributed by atoms with Gasteiger partial charge in [0.05, 0.1) is 5.69 Å². The maximum Gasteiger partial charge on any atom is 0.0502 e. The van der Waals surface area contributed by atoms with E-state index in [4.69, 9.17) is 17.3 Å². The molecule has 0 spiro atoms. The van der Waals surface area contributed by atoms with Gasteiger partial charge in [0.25, 0.3) is 0 Å². The third-order valence-corrected chi connectivity index (χ3v) is 5.20. The Kier molecular flexibility index (Phi) is 5.21. The van der Waals surface area contributed by atoms with E-state index in [1.807, 2.05) is 6.07 Å². The van der Waals surface area contributed by atoms with Crippen molar-refractivity contribution in [3.63, 3.8) is 0 Å². The summed E-state index contributed by atoms with van der Waals surface area (Å²) in [4.78, 5) is 3.71. The predicted molar refractivity (Wildman–Crippen MR) is 110 cm³/mol. The number of aromatic nitrogens is 1. The second-order valence-corrected chi connectivity index (χ2v) is 7.58. The molecule has 0 amide bonds. The van der Waals surface area contributed by atoms with Crippen LogP contribution in [0.2, 0.25) is 5.02 Å². The van der Waals surface area contributed by atoms with E-state index >= 15 is 0 Å². The summed E-state index contributed by atoms with van der Waals surface area (Å²) < 4.78 is 0. The van der Waals surface area contributed by atoms with E-state index in [9.17, 15) is 0 Å². The lowest BCUT2D eigenvalue weighted by atomic mass is 9.93. The molecule has 3 heteroatoms. The van der Waals surface area contributed by atoms with Crippen LogP contribution in [0.1, 0.15) is 40.7 Å². The molecule has 2 aromatic carbocycles. The maximum atomic E-state index is 6.36. The quantitative estimate of drug-likeness (QED) is 0.542. The van der Waals surface area contributed by atoms with E-state index in [0.717, 1.165) is 30.8 Å². The molecule has 0 saturated carbocycles. The molecule has 1 heterocycles. The second-order valence-electron chi connectivity index (χ2n) is 7.14. The smallest absolute Gasteiger partial charge is 0.0502 e. The van der Waals surface area contributed by atoms with Crippen LogP contribution >= 0.6 is 11.6 Å². The molecule has 0 fully saturated rings. The molecule has 0 aliphatic carbocycles. The number of halogens is 1. The summed E-state index contributed by atoms with van der Waals surface area (Å²) in [5, 5.41) is 2.05. The average Bonchev–Trinajstić information content (AvgIpc) is 2.85. The van der Waals surface area contributed by atoms with Crippen molar-refractivity contribution in [2.75, 3.05) is 6.54 Å². The number of hydrogen-bond donors (Lipinski definition) is 2. The fourth-order valence-electron chi connectivity index (χ4n) is 3.98. The van der Waals surface area contributed by atoms with Gasteiger partial charge in [0.15, 0.2) is 0 Å². The van der Waals surface area contributed by atoms with E-state index < -0.39 is 0 Å². The first-order valence-electron chi connectivity index (χ1n) is 9.01. The molecule has 1 aromatic heterocycles. The number of benzene rings is 2. The molecule has 0 aliphatic heterocycles. The van der Waals surface area contributed by atoms with Crippen molar-refractivity contribution in [1.82, 2.24) is 4.98 Å². The molecule has 3 N–H and O–H groups in total. The number of H-pyrrole nitrogens is 1. The van der Waals surface area contributed by atoms with E-state index in [-0.39, 0.29) is 0 Å². The average molecular weight is 355 g/mol. The van der Waals surface area contributed by atoms with Gasteiger partial charge in [-0.15, -0.1) is 0 Å². The van der Waals surface area contributed by atoms with E-state index in [0.29, 0.717) is 0 Å². The Morgan fingerprint density at radius 2 is 1.60 bits per heavy atom. The van der Waals surface area contributed by atoms with Crippen molar-refractivity contribution in [3.05, 3.63) is 57.1 Å². The van der Waals surface area contributed by atoms with Crippen LogP contribution in [0.3, 0.4) is 0 Å². The van der Waals surface area contributed by atoms with Gasteiger partial charge in [0.1, 0.15) is 0 Å². The molecule has 25 heavy (non-hydrogen) atoms. The Morgan fingerprint density at radius 3 is 2.24 bits per heavy atom. The number of fused-ring (bicyclic) bond motifs is 1. The first-order chi connectivity index (χ1) is 11.9. The van der Waals surface area contributed by atoms with Crippen molar-refractivity contribution in [1.29, 1.82) is 0 Å². The third-order valence-electron chi connectivity index (χ3n) is 4.99. The summed E-state index contributed by atoms with van der Waals surface area (Å²) in [5.41, 5.74) is 16.0. The zero-order valence-corrected chi connectivity index (χ0v) is 16.3. The molecule has 3 aromatic rings. The van der Waals surface area contributed by atoms with Gasteiger partial charge in [-0.25, -0.2) is 0 Å². The lowest BCUT2D eigenvalue weighted by molar-refractivity contribution is 0.748. The van der Waals surface area contributed by atoms with Crippen LogP contribution in [0.4, 0.5) is 0 Å². The molecule has 2 nitrogen and oxygen atoms in total. The molecular weight excluding hydrogens is 328 g/mol. The first-order valence-corrected chi connectivity index (χ1v) is 9.39. The molecule has 0 radical (unpaired) electrons. The van der Waals surface area contributed by atoms with Crippen LogP contribution in [0, 0.1) is 27.7 Å². The van der Waals surface area contributed by atoms with Gasteiger partial charge >= 0.3 is 0 Å². The molecule has 0 aliphatic rings. The highest BCUT2D eigenvalue weighted by molar-refractivity contribution is 6.31. The van der Waals surface area contributed by atoms with Gasteiger partial charge in [0.2, 0.25) is 0 Å². The zero-order chi connectivity index (χ0) is 18.1. The fraction of sp³-hybridized carbons (Fsp3) is 0.364. The van der Waals surface area contributed by atoms with Crippen molar-refractivity contribution in [3.8, 4) is 11.3 Å². The van der Waals surface area contributed by atoms with Crippen LogP contribution in [0.15, 0.2) is 24.3 Å². The topological polar surface area (TPSA) is 41.8 Å². The summed E-state index contributed by atoms with van der Waals surface area (Å²) in [6.45, 7) is 9.41. The van der Waals surface area contributed by atoms with Crippen molar-refractivity contribution in [2.45, 2.75) is 47.0 Å². The highest BCUT2D eigenvalue weighted by Crippen LogP contribution is 2.37. The van der Waals surface area contributed by atoms with Crippen LogP contribution in [0.5, 0.6) is 0 Å². The summed E-state index contributed by atoms with van der Waals surface area (Å²) in [5.74, 6) is 0. The number of rotatable bonds is 5. The summed E-state index contributed by atoms with van der Waals surface area (Å²) in [6.07, 6.45) is 3.14. The summed E-state index contributed by atoms with van der Waals surface area (Å²) in [6, 6.07) is 8.65. The van der Waals surface area contributed by atoms with Gasteiger partial charge in [-0.1, -0.05) is 29.3 Å². The monoisotopic (exact) mass is 354 g/mol. The largest absolute Gasteiger partial charge is 0.354 e. The van der Waals surface area contributed by atoms with Gasteiger partial charge in [-0.2, -0.15) is 0 Å². The Balaban J connectivity index is 2.27. The molecule has 0 bridgehead atoms. The van der Waals surface area contributed by atoms with E-state index in [1.54, 1.807) is 0 Å². The van der Waals surface area contributed by atoms with Crippen LogP contribution in [-0.4, -0.2) is 11.5 Å². The predicted octanol–water partition coefficient (Wildman–Crippen LogP) is 6.00.